The largest absolute Gasteiger partial charge is 0.478 e. The molecule has 0 spiro atoms. The van der Waals surface area contributed by atoms with E-state index in [-0.39, 0.29) is 5.56 Å². The SMILES string of the molecule is C[C@@H](OC(=O)Nc1c(-c2ccc(-c3ccc(C(=O)O)cc3)cc2)ncn1C)c1ccccc1Cl. The lowest BCUT2D eigenvalue weighted by Crippen LogP contribution is -2.18. The molecule has 3 aromatic carbocycles. The molecule has 4 aromatic rings. The van der Waals surface area contributed by atoms with Crippen LogP contribution in [0.2, 0.25) is 5.02 Å². The number of benzene rings is 3. The van der Waals surface area contributed by atoms with Crippen molar-refractivity contribution in [2.24, 2.45) is 7.05 Å². The van der Waals surface area contributed by atoms with E-state index >= 15 is 0 Å². The molecule has 1 amide bonds. The van der Waals surface area contributed by atoms with Crippen LogP contribution in [0.4, 0.5) is 10.6 Å². The van der Waals surface area contributed by atoms with Crippen molar-refractivity contribution in [2.75, 3.05) is 5.32 Å². The molecule has 0 saturated carbocycles. The first-order valence-corrected chi connectivity index (χ1v) is 10.9. The molecule has 0 unspecified atom stereocenters. The number of carbonyl (C=O) groups excluding carboxylic acids is 1. The lowest BCUT2D eigenvalue weighted by Gasteiger charge is -2.16. The summed E-state index contributed by atoms with van der Waals surface area (Å²) < 4.78 is 7.23. The van der Waals surface area contributed by atoms with Gasteiger partial charge in [-0.05, 0) is 36.2 Å². The number of hydrogen-bond acceptors (Lipinski definition) is 4. The number of rotatable bonds is 6. The third-order valence-electron chi connectivity index (χ3n) is 5.41. The Hall–Kier alpha value is -4.10. The Morgan fingerprint density at radius 1 is 0.971 bits per heavy atom. The number of aromatic nitrogens is 2. The highest BCUT2D eigenvalue weighted by atomic mass is 35.5. The van der Waals surface area contributed by atoms with Crippen LogP contribution in [0.15, 0.2) is 79.1 Å². The summed E-state index contributed by atoms with van der Waals surface area (Å²) in [5.74, 6) is -0.466. The lowest BCUT2D eigenvalue weighted by molar-refractivity contribution is 0.0696. The molecule has 0 fully saturated rings. The van der Waals surface area contributed by atoms with Crippen molar-refractivity contribution >= 4 is 29.5 Å². The summed E-state index contributed by atoms with van der Waals surface area (Å²) in [6.07, 6.45) is 0.464. The molecule has 0 aliphatic carbocycles. The van der Waals surface area contributed by atoms with Gasteiger partial charge in [0.2, 0.25) is 0 Å². The van der Waals surface area contributed by atoms with E-state index in [2.05, 4.69) is 10.3 Å². The Balaban J connectivity index is 1.50. The number of aryl methyl sites for hydroxylation is 1. The standard InChI is InChI=1S/C26H22ClN3O4/c1-16(21-5-3-4-6-22(21)27)34-26(33)29-24-23(28-15-30(24)2)19-11-7-17(8-12-19)18-9-13-20(14-10-18)25(31)32/h3-16H,1-2H3,(H,29,33)(H,31,32)/t16-/m1/s1. The molecule has 0 saturated heterocycles. The van der Waals surface area contributed by atoms with Gasteiger partial charge in [0.1, 0.15) is 17.6 Å². The number of amides is 1. The van der Waals surface area contributed by atoms with Crippen LogP contribution < -0.4 is 5.32 Å². The van der Waals surface area contributed by atoms with Crippen molar-refractivity contribution in [3.8, 4) is 22.4 Å². The average molecular weight is 476 g/mol. The summed E-state index contributed by atoms with van der Waals surface area (Å²) in [4.78, 5) is 28.1. The zero-order valence-corrected chi connectivity index (χ0v) is 19.3. The minimum Gasteiger partial charge on any atom is -0.478 e. The second-order valence-electron chi connectivity index (χ2n) is 7.71. The van der Waals surface area contributed by atoms with E-state index in [1.165, 1.54) is 0 Å². The summed E-state index contributed by atoms with van der Waals surface area (Å²) in [7, 11) is 1.78. The first-order valence-electron chi connectivity index (χ1n) is 10.5. The van der Waals surface area contributed by atoms with E-state index in [0.717, 1.165) is 22.3 Å². The van der Waals surface area contributed by atoms with E-state index in [0.29, 0.717) is 16.5 Å². The van der Waals surface area contributed by atoms with Gasteiger partial charge in [-0.2, -0.15) is 0 Å². The fourth-order valence-electron chi connectivity index (χ4n) is 3.57. The van der Waals surface area contributed by atoms with Gasteiger partial charge in [-0.3, -0.25) is 5.32 Å². The van der Waals surface area contributed by atoms with Gasteiger partial charge in [-0.1, -0.05) is 66.2 Å². The third kappa shape index (κ3) is 4.94. The van der Waals surface area contributed by atoms with Crippen LogP contribution in [0.25, 0.3) is 22.4 Å². The smallest absolute Gasteiger partial charge is 0.413 e. The zero-order valence-electron chi connectivity index (χ0n) is 18.5. The Kier molecular flexibility index (Phi) is 6.65. The molecule has 0 bridgehead atoms. The van der Waals surface area contributed by atoms with Gasteiger partial charge in [0.15, 0.2) is 0 Å². The van der Waals surface area contributed by atoms with Crippen molar-refractivity contribution in [1.82, 2.24) is 9.55 Å². The molecule has 1 atom stereocenters. The highest BCUT2D eigenvalue weighted by molar-refractivity contribution is 6.31. The number of carboxylic acid groups (broad SMARTS) is 1. The van der Waals surface area contributed by atoms with Crippen LogP contribution in [-0.2, 0) is 11.8 Å². The average Bonchev–Trinajstić information content (AvgIpc) is 3.19. The molecule has 4 rings (SSSR count). The first kappa shape index (κ1) is 23.1. The normalized spacial score (nSPS) is 11.6. The van der Waals surface area contributed by atoms with Crippen molar-refractivity contribution < 1.29 is 19.4 Å². The minimum absolute atomic E-state index is 0.236. The Labute approximate surface area is 201 Å². The van der Waals surface area contributed by atoms with Crippen molar-refractivity contribution in [3.05, 3.63) is 95.3 Å². The van der Waals surface area contributed by atoms with E-state index in [1.54, 1.807) is 55.2 Å². The quantitative estimate of drug-likeness (QED) is 0.336. The van der Waals surface area contributed by atoms with Gasteiger partial charge < -0.3 is 14.4 Å². The number of carboxylic acids is 1. The Bertz CT molecular complexity index is 1330. The van der Waals surface area contributed by atoms with E-state index in [1.807, 2.05) is 42.5 Å². The fourth-order valence-corrected chi connectivity index (χ4v) is 3.86. The monoisotopic (exact) mass is 475 g/mol. The minimum atomic E-state index is -0.961. The van der Waals surface area contributed by atoms with E-state index in [9.17, 15) is 9.59 Å². The van der Waals surface area contributed by atoms with Crippen LogP contribution >= 0.6 is 11.6 Å². The van der Waals surface area contributed by atoms with Gasteiger partial charge in [-0.25, -0.2) is 14.6 Å². The van der Waals surface area contributed by atoms with Crippen LogP contribution in [0, 0.1) is 0 Å². The van der Waals surface area contributed by atoms with Gasteiger partial charge in [0, 0.05) is 23.2 Å². The number of imidazole rings is 1. The second kappa shape index (κ2) is 9.80. The maximum absolute atomic E-state index is 12.6. The van der Waals surface area contributed by atoms with Gasteiger partial charge in [0.05, 0.1) is 11.9 Å². The third-order valence-corrected chi connectivity index (χ3v) is 5.75. The highest BCUT2D eigenvalue weighted by Crippen LogP contribution is 2.30. The first-order chi connectivity index (χ1) is 16.3. The number of ether oxygens (including phenoxy) is 1. The molecule has 8 heteroatoms. The molecule has 0 aliphatic rings. The maximum atomic E-state index is 12.6. The number of hydrogen-bond donors (Lipinski definition) is 2. The van der Waals surface area contributed by atoms with Crippen molar-refractivity contribution in [2.45, 2.75) is 13.0 Å². The molecule has 1 aromatic heterocycles. The molecule has 7 nitrogen and oxygen atoms in total. The highest BCUT2D eigenvalue weighted by Gasteiger charge is 2.18. The van der Waals surface area contributed by atoms with Gasteiger partial charge >= 0.3 is 12.1 Å². The summed E-state index contributed by atoms with van der Waals surface area (Å²) >= 11 is 6.20. The van der Waals surface area contributed by atoms with Gasteiger partial charge in [-0.15, -0.1) is 0 Å². The number of nitrogens with one attached hydrogen (secondary N) is 1. The molecule has 0 aliphatic heterocycles. The zero-order chi connectivity index (χ0) is 24.2. The molecule has 172 valence electrons. The summed E-state index contributed by atoms with van der Waals surface area (Å²) in [5.41, 5.74) is 4.18. The second-order valence-corrected chi connectivity index (χ2v) is 8.11. The topological polar surface area (TPSA) is 93.4 Å². The molecular weight excluding hydrogens is 454 g/mol. The van der Waals surface area contributed by atoms with Crippen molar-refractivity contribution in [1.29, 1.82) is 0 Å². The predicted octanol–water partition coefficient (Wildman–Crippen LogP) is 6.42. The maximum Gasteiger partial charge on any atom is 0.413 e. The van der Waals surface area contributed by atoms with E-state index < -0.39 is 18.2 Å². The predicted molar refractivity (Wildman–Crippen MR) is 131 cm³/mol. The summed E-state index contributed by atoms with van der Waals surface area (Å²) in [5, 5.41) is 12.4. The Morgan fingerprint density at radius 2 is 1.56 bits per heavy atom. The van der Waals surface area contributed by atoms with E-state index in [4.69, 9.17) is 21.4 Å². The molecular formula is C26H22ClN3O4. The van der Waals surface area contributed by atoms with Crippen LogP contribution in [0.5, 0.6) is 0 Å². The molecule has 34 heavy (non-hydrogen) atoms. The van der Waals surface area contributed by atoms with Crippen LogP contribution in [0.3, 0.4) is 0 Å². The number of nitrogens with zero attached hydrogens (tertiary/aromatic N) is 2. The lowest BCUT2D eigenvalue weighted by atomic mass is 10.0. The van der Waals surface area contributed by atoms with Gasteiger partial charge in [0.25, 0.3) is 0 Å². The van der Waals surface area contributed by atoms with Crippen LogP contribution in [0.1, 0.15) is 28.9 Å². The number of carbonyl (C=O) groups is 2. The number of anilines is 1. The fraction of sp³-hybridized carbons (Fsp3) is 0.115. The summed E-state index contributed by atoms with van der Waals surface area (Å²) in [6, 6.07) is 21.5. The number of aromatic carboxylic acids is 1. The Morgan fingerprint density at radius 3 is 2.18 bits per heavy atom. The molecule has 0 radical (unpaired) electrons. The van der Waals surface area contributed by atoms with Crippen LogP contribution in [-0.4, -0.2) is 26.7 Å². The molecule has 1 heterocycles. The summed E-state index contributed by atoms with van der Waals surface area (Å²) in [6.45, 7) is 1.76. The molecule has 2 N–H and O–H groups in total. The van der Waals surface area contributed by atoms with Crippen molar-refractivity contribution in [3.63, 3.8) is 0 Å². The number of halogens is 1.